The first-order valence-electron chi connectivity index (χ1n) is 4.60. The van der Waals surface area contributed by atoms with Gasteiger partial charge >= 0.3 is 6.09 Å². The van der Waals surface area contributed by atoms with Gasteiger partial charge in [0.05, 0.1) is 18.4 Å². The largest absolute Gasteiger partial charge is 0.450 e. The highest BCUT2D eigenvalue weighted by molar-refractivity contribution is 7.99. The van der Waals surface area contributed by atoms with Crippen LogP contribution in [0.1, 0.15) is 20.3 Å². The molecule has 1 amide bonds. The van der Waals surface area contributed by atoms with Crippen LogP contribution in [0.4, 0.5) is 4.79 Å². The van der Waals surface area contributed by atoms with E-state index < -0.39 is 12.1 Å². The van der Waals surface area contributed by atoms with E-state index in [9.17, 15) is 9.59 Å². The standard InChI is InChI=1S/C9H17NO3S/c1-4-7(8(11)6-14-3)10-9(12)13-5-2/h7H,4-6H2,1-3H3,(H,10,12). The van der Waals surface area contributed by atoms with Crippen molar-refractivity contribution >= 4 is 23.6 Å². The number of ketones is 1. The number of alkyl carbamates (subject to hydrolysis) is 1. The van der Waals surface area contributed by atoms with Crippen LogP contribution in [0.2, 0.25) is 0 Å². The molecule has 14 heavy (non-hydrogen) atoms. The van der Waals surface area contributed by atoms with Gasteiger partial charge in [0.2, 0.25) is 0 Å². The van der Waals surface area contributed by atoms with Crippen molar-refractivity contribution in [2.75, 3.05) is 18.6 Å². The molecule has 4 nitrogen and oxygen atoms in total. The van der Waals surface area contributed by atoms with E-state index in [-0.39, 0.29) is 5.78 Å². The van der Waals surface area contributed by atoms with Gasteiger partial charge in [0.15, 0.2) is 5.78 Å². The van der Waals surface area contributed by atoms with E-state index in [4.69, 9.17) is 4.74 Å². The van der Waals surface area contributed by atoms with Gasteiger partial charge in [-0.15, -0.1) is 0 Å². The van der Waals surface area contributed by atoms with E-state index in [0.717, 1.165) is 0 Å². The Morgan fingerprint density at radius 3 is 2.50 bits per heavy atom. The maximum absolute atomic E-state index is 11.4. The maximum atomic E-state index is 11.4. The summed E-state index contributed by atoms with van der Waals surface area (Å²) in [7, 11) is 0. The number of Topliss-reactive ketones (excluding diaryl/α,β-unsaturated/α-hetero) is 1. The number of hydrogen-bond donors (Lipinski definition) is 1. The highest BCUT2D eigenvalue weighted by atomic mass is 32.2. The minimum atomic E-state index is -0.520. The molecular weight excluding hydrogens is 202 g/mol. The number of carbonyl (C=O) groups excluding carboxylic acids is 2. The smallest absolute Gasteiger partial charge is 0.407 e. The van der Waals surface area contributed by atoms with E-state index in [1.54, 1.807) is 6.92 Å². The predicted octanol–water partition coefficient (Wildman–Crippen LogP) is 1.44. The van der Waals surface area contributed by atoms with E-state index in [1.807, 2.05) is 13.2 Å². The molecule has 0 aromatic carbocycles. The fraction of sp³-hybridized carbons (Fsp3) is 0.778. The molecule has 1 atom stereocenters. The molecule has 82 valence electrons. The summed E-state index contributed by atoms with van der Waals surface area (Å²) in [6.45, 7) is 3.90. The van der Waals surface area contributed by atoms with Crippen LogP contribution >= 0.6 is 11.8 Å². The second kappa shape index (κ2) is 7.67. The number of amides is 1. The number of rotatable bonds is 6. The SMILES string of the molecule is CCOC(=O)NC(CC)C(=O)CSC. The normalized spacial score (nSPS) is 11.9. The van der Waals surface area contributed by atoms with Gasteiger partial charge in [-0.3, -0.25) is 4.79 Å². The van der Waals surface area contributed by atoms with Gasteiger partial charge in [-0.25, -0.2) is 4.79 Å². The number of ether oxygens (including phenoxy) is 1. The van der Waals surface area contributed by atoms with Crippen LogP contribution in [0.15, 0.2) is 0 Å². The van der Waals surface area contributed by atoms with Crippen molar-refractivity contribution in [2.24, 2.45) is 0 Å². The molecule has 0 spiro atoms. The summed E-state index contributed by atoms with van der Waals surface area (Å²) < 4.78 is 4.69. The van der Waals surface area contributed by atoms with Crippen molar-refractivity contribution in [3.05, 3.63) is 0 Å². The van der Waals surface area contributed by atoms with Gasteiger partial charge in [0, 0.05) is 0 Å². The minimum absolute atomic E-state index is 0.0352. The third-order valence-electron chi connectivity index (χ3n) is 1.65. The summed E-state index contributed by atoms with van der Waals surface area (Å²) in [6, 6.07) is -0.415. The van der Waals surface area contributed by atoms with Gasteiger partial charge in [0.25, 0.3) is 0 Å². The average molecular weight is 219 g/mol. The molecule has 0 aromatic heterocycles. The molecule has 0 saturated heterocycles. The van der Waals surface area contributed by atoms with Crippen molar-refractivity contribution in [1.82, 2.24) is 5.32 Å². The molecule has 0 aliphatic heterocycles. The Morgan fingerprint density at radius 2 is 2.07 bits per heavy atom. The summed E-state index contributed by atoms with van der Waals surface area (Å²) in [4.78, 5) is 22.5. The Labute approximate surface area is 88.8 Å². The van der Waals surface area contributed by atoms with E-state index in [2.05, 4.69) is 5.32 Å². The molecule has 1 N–H and O–H groups in total. The molecule has 0 heterocycles. The second-order valence-electron chi connectivity index (χ2n) is 2.72. The number of thioether (sulfide) groups is 1. The predicted molar refractivity (Wildman–Crippen MR) is 57.6 cm³/mol. The van der Waals surface area contributed by atoms with Crippen molar-refractivity contribution in [3.8, 4) is 0 Å². The third kappa shape index (κ3) is 5.11. The quantitative estimate of drug-likeness (QED) is 0.734. The van der Waals surface area contributed by atoms with Crippen LogP contribution in [0.3, 0.4) is 0 Å². The molecule has 0 aromatic rings. The molecular formula is C9H17NO3S. The molecule has 5 heteroatoms. The van der Waals surface area contributed by atoms with E-state index >= 15 is 0 Å². The lowest BCUT2D eigenvalue weighted by Gasteiger charge is -2.14. The lowest BCUT2D eigenvalue weighted by atomic mass is 10.1. The number of hydrogen-bond acceptors (Lipinski definition) is 4. The van der Waals surface area contributed by atoms with Gasteiger partial charge in [-0.2, -0.15) is 11.8 Å². The molecule has 0 radical (unpaired) electrons. The molecule has 0 fully saturated rings. The van der Waals surface area contributed by atoms with Crippen LogP contribution in [0.25, 0.3) is 0 Å². The van der Waals surface area contributed by atoms with Crippen molar-refractivity contribution in [3.63, 3.8) is 0 Å². The Hall–Kier alpha value is -0.710. The van der Waals surface area contributed by atoms with Gasteiger partial charge in [-0.1, -0.05) is 6.92 Å². The number of nitrogens with one attached hydrogen (secondary N) is 1. The Morgan fingerprint density at radius 1 is 1.43 bits per heavy atom. The summed E-state index contributed by atoms with van der Waals surface area (Å²) in [6.07, 6.45) is 1.93. The lowest BCUT2D eigenvalue weighted by molar-refractivity contribution is -0.118. The van der Waals surface area contributed by atoms with Gasteiger partial charge < -0.3 is 10.1 Å². The van der Waals surface area contributed by atoms with Crippen LogP contribution in [0, 0.1) is 0 Å². The van der Waals surface area contributed by atoms with E-state index in [0.29, 0.717) is 18.8 Å². The first kappa shape index (κ1) is 13.3. The monoisotopic (exact) mass is 219 g/mol. The molecule has 0 aliphatic carbocycles. The third-order valence-corrected chi connectivity index (χ3v) is 2.22. The molecule has 0 saturated carbocycles. The van der Waals surface area contributed by atoms with Crippen LogP contribution in [-0.4, -0.2) is 36.5 Å². The fourth-order valence-electron chi connectivity index (χ4n) is 0.968. The first-order chi connectivity index (χ1) is 6.65. The second-order valence-corrected chi connectivity index (χ2v) is 3.59. The Kier molecular flexibility index (Phi) is 7.28. The molecule has 0 rings (SSSR count). The molecule has 0 aliphatic rings. The summed E-state index contributed by atoms with van der Waals surface area (Å²) in [5.41, 5.74) is 0. The van der Waals surface area contributed by atoms with Crippen molar-refractivity contribution < 1.29 is 14.3 Å². The zero-order valence-electron chi connectivity index (χ0n) is 8.83. The number of carbonyl (C=O) groups is 2. The average Bonchev–Trinajstić information content (AvgIpc) is 2.15. The van der Waals surface area contributed by atoms with Gasteiger partial charge in [-0.05, 0) is 19.6 Å². The fourth-order valence-corrected chi connectivity index (χ4v) is 1.45. The van der Waals surface area contributed by atoms with Crippen LogP contribution in [-0.2, 0) is 9.53 Å². The summed E-state index contributed by atoms with van der Waals surface area (Å²) >= 11 is 1.45. The van der Waals surface area contributed by atoms with Crippen molar-refractivity contribution in [1.29, 1.82) is 0 Å². The lowest BCUT2D eigenvalue weighted by Crippen LogP contribution is -2.41. The zero-order chi connectivity index (χ0) is 11.0. The van der Waals surface area contributed by atoms with E-state index in [1.165, 1.54) is 11.8 Å². The minimum Gasteiger partial charge on any atom is -0.450 e. The Balaban J connectivity index is 4.01. The molecule has 0 bridgehead atoms. The van der Waals surface area contributed by atoms with Gasteiger partial charge in [0.1, 0.15) is 0 Å². The van der Waals surface area contributed by atoms with Crippen LogP contribution in [0.5, 0.6) is 0 Å². The summed E-state index contributed by atoms with van der Waals surface area (Å²) in [5.74, 6) is 0.457. The van der Waals surface area contributed by atoms with Crippen molar-refractivity contribution in [2.45, 2.75) is 26.3 Å². The highest BCUT2D eigenvalue weighted by Gasteiger charge is 2.18. The molecule has 1 unspecified atom stereocenters. The maximum Gasteiger partial charge on any atom is 0.407 e. The Bertz CT molecular complexity index is 196. The zero-order valence-corrected chi connectivity index (χ0v) is 9.65. The topological polar surface area (TPSA) is 55.4 Å². The summed E-state index contributed by atoms with van der Waals surface area (Å²) in [5, 5.41) is 2.53. The highest BCUT2D eigenvalue weighted by Crippen LogP contribution is 2.00. The first-order valence-corrected chi connectivity index (χ1v) is 6.00. The van der Waals surface area contributed by atoms with Crippen LogP contribution < -0.4 is 5.32 Å².